The number of carbonyl (C=O) groups excluding carboxylic acids is 1. The number of hydrogen-bond acceptors (Lipinski definition) is 2. The van der Waals surface area contributed by atoms with E-state index in [-0.39, 0.29) is 6.03 Å². The number of carboxylic acids is 1. The van der Waals surface area contributed by atoms with E-state index in [1.165, 1.54) is 0 Å². The molecular weight excluding hydrogens is 244 g/mol. The van der Waals surface area contributed by atoms with Crippen molar-refractivity contribution in [3.63, 3.8) is 0 Å². The van der Waals surface area contributed by atoms with Gasteiger partial charge in [0.2, 0.25) is 0 Å². The Morgan fingerprint density at radius 3 is 2.32 bits per heavy atom. The van der Waals surface area contributed by atoms with Gasteiger partial charge in [-0.2, -0.15) is 0 Å². The van der Waals surface area contributed by atoms with E-state index in [1.807, 2.05) is 6.92 Å². The van der Waals surface area contributed by atoms with Crippen LogP contribution in [0.2, 0.25) is 0 Å². The molecule has 2 N–H and O–H groups in total. The quantitative estimate of drug-likeness (QED) is 0.823. The molecule has 0 radical (unpaired) electrons. The van der Waals surface area contributed by atoms with E-state index >= 15 is 0 Å². The fourth-order valence-electron chi connectivity index (χ4n) is 3.14. The summed E-state index contributed by atoms with van der Waals surface area (Å²) in [4.78, 5) is 25.1. The molecule has 2 aliphatic rings. The Kier molecular flexibility index (Phi) is 4.02. The molecule has 19 heavy (non-hydrogen) atoms. The van der Waals surface area contributed by atoms with Crippen molar-refractivity contribution < 1.29 is 14.7 Å². The standard InChI is InChI=1S/C14H24N2O3/c1-3-14(12(17)18)4-6-16(7-5-14)13(19)15-11-8-10(2)9-11/h10-11H,3-9H2,1-2H3,(H,15,19)(H,17,18). The van der Waals surface area contributed by atoms with Crippen molar-refractivity contribution >= 4 is 12.0 Å². The molecule has 1 saturated carbocycles. The monoisotopic (exact) mass is 268 g/mol. The number of carbonyl (C=O) groups is 2. The predicted molar refractivity (Wildman–Crippen MR) is 71.9 cm³/mol. The van der Waals surface area contributed by atoms with Gasteiger partial charge in [0.05, 0.1) is 5.41 Å². The van der Waals surface area contributed by atoms with E-state index in [9.17, 15) is 14.7 Å². The number of piperidine rings is 1. The molecule has 0 atom stereocenters. The molecule has 2 rings (SSSR count). The van der Waals surface area contributed by atoms with Crippen LogP contribution < -0.4 is 5.32 Å². The van der Waals surface area contributed by atoms with Gasteiger partial charge >= 0.3 is 12.0 Å². The Labute approximate surface area is 114 Å². The Morgan fingerprint density at radius 2 is 1.89 bits per heavy atom. The first-order chi connectivity index (χ1) is 8.97. The minimum absolute atomic E-state index is 0.0213. The van der Waals surface area contributed by atoms with Crippen LogP contribution in [0.15, 0.2) is 0 Å². The third-order valence-electron chi connectivity index (χ3n) is 4.84. The lowest BCUT2D eigenvalue weighted by Gasteiger charge is -2.40. The van der Waals surface area contributed by atoms with Gasteiger partial charge in [0, 0.05) is 19.1 Å². The Balaban J connectivity index is 1.82. The zero-order valence-corrected chi connectivity index (χ0v) is 11.8. The number of urea groups is 1. The van der Waals surface area contributed by atoms with E-state index in [4.69, 9.17) is 0 Å². The summed E-state index contributed by atoms with van der Waals surface area (Å²) >= 11 is 0. The molecular formula is C14H24N2O3. The number of nitrogens with zero attached hydrogens (tertiary/aromatic N) is 1. The molecule has 2 amide bonds. The van der Waals surface area contributed by atoms with Gasteiger partial charge in [0.1, 0.15) is 0 Å². The molecule has 0 unspecified atom stereocenters. The third kappa shape index (κ3) is 2.85. The van der Waals surface area contributed by atoms with Crippen molar-refractivity contribution in [3.05, 3.63) is 0 Å². The van der Waals surface area contributed by atoms with Gasteiger partial charge in [0.25, 0.3) is 0 Å². The SMILES string of the molecule is CCC1(C(=O)O)CCN(C(=O)NC2CC(C)C2)CC1. The van der Waals surface area contributed by atoms with Gasteiger partial charge < -0.3 is 15.3 Å². The minimum atomic E-state index is -0.720. The third-order valence-corrected chi connectivity index (χ3v) is 4.84. The molecule has 5 heteroatoms. The summed E-state index contributed by atoms with van der Waals surface area (Å²) in [6.07, 6.45) is 3.89. The van der Waals surface area contributed by atoms with Gasteiger partial charge in [-0.05, 0) is 38.0 Å². The highest BCUT2D eigenvalue weighted by molar-refractivity contribution is 5.77. The number of aliphatic carboxylic acids is 1. The number of rotatable bonds is 3. The predicted octanol–water partition coefficient (Wildman–Crippen LogP) is 2.07. The van der Waals surface area contributed by atoms with Gasteiger partial charge in [-0.3, -0.25) is 4.79 Å². The molecule has 5 nitrogen and oxygen atoms in total. The van der Waals surface area contributed by atoms with Gasteiger partial charge in [-0.1, -0.05) is 13.8 Å². The van der Waals surface area contributed by atoms with Crippen LogP contribution in [-0.4, -0.2) is 41.1 Å². The zero-order valence-electron chi connectivity index (χ0n) is 11.8. The zero-order chi connectivity index (χ0) is 14.0. The molecule has 2 fully saturated rings. The lowest BCUT2D eigenvalue weighted by atomic mass is 9.76. The van der Waals surface area contributed by atoms with Crippen LogP contribution in [0.1, 0.15) is 46.0 Å². The first-order valence-corrected chi connectivity index (χ1v) is 7.25. The number of amides is 2. The fraction of sp³-hybridized carbons (Fsp3) is 0.857. The molecule has 108 valence electrons. The van der Waals surface area contributed by atoms with Crippen LogP contribution in [0.4, 0.5) is 4.79 Å². The summed E-state index contributed by atoms with van der Waals surface area (Å²) in [6, 6.07) is 0.298. The van der Waals surface area contributed by atoms with Crippen molar-refractivity contribution in [2.24, 2.45) is 11.3 Å². The van der Waals surface area contributed by atoms with E-state index in [0.717, 1.165) is 12.8 Å². The van der Waals surface area contributed by atoms with Crippen molar-refractivity contribution in [1.82, 2.24) is 10.2 Å². The van der Waals surface area contributed by atoms with E-state index < -0.39 is 11.4 Å². The smallest absolute Gasteiger partial charge is 0.317 e. The summed E-state index contributed by atoms with van der Waals surface area (Å²) in [7, 11) is 0. The molecule has 0 spiro atoms. The molecule has 1 heterocycles. The van der Waals surface area contributed by atoms with E-state index in [1.54, 1.807) is 4.90 Å². The molecule has 1 saturated heterocycles. The van der Waals surface area contributed by atoms with Crippen LogP contribution in [0, 0.1) is 11.3 Å². The number of nitrogens with one attached hydrogen (secondary N) is 1. The Morgan fingerprint density at radius 1 is 1.32 bits per heavy atom. The highest BCUT2D eigenvalue weighted by Gasteiger charge is 2.41. The lowest BCUT2D eigenvalue weighted by Crippen LogP contribution is -2.53. The van der Waals surface area contributed by atoms with Crippen molar-refractivity contribution in [1.29, 1.82) is 0 Å². The molecule has 0 aromatic carbocycles. The molecule has 1 aliphatic carbocycles. The van der Waals surface area contributed by atoms with Gasteiger partial charge in [0.15, 0.2) is 0 Å². The summed E-state index contributed by atoms with van der Waals surface area (Å²) in [6.45, 7) is 5.20. The van der Waals surface area contributed by atoms with Crippen molar-refractivity contribution in [2.75, 3.05) is 13.1 Å². The molecule has 0 aromatic heterocycles. The second-order valence-electron chi connectivity index (χ2n) is 6.15. The van der Waals surface area contributed by atoms with Crippen molar-refractivity contribution in [2.45, 2.75) is 52.0 Å². The lowest BCUT2D eigenvalue weighted by molar-refractivity contribution is -0.151. The van der Waals surface area contributed by atoms with Gasteiger partial charge in [-0.25, -0.2) is 4.79 Å². The maximum Gasteiger partial charge on any atom is 0.317 e. The maximum atomic E-state index is 12.0. The normalized spacial score (nSPS) is 29.5. The maximum absolute atomic E-state index is 12.0. The van der Waals surface area contributed by atoms with Gasteiger partial charge in [-0.15, -0.1) is 0 Å². The second-order valence-corrected chi connectivity index (χ2v) is 6.15. The van der Waals surface area contributed by atoms with Crippen LogP contribution in [0.3, 0.4) is 0 Å². The van der Waals surface area contributed by atoms with E-state index in [2.05, 4.69) is 12.2 Å². The number of carboxylic acid groups (broad SMARTS) is 1. The van der Waals surface area contributed by atoms with Crippen LogP contribution >= 0.6 is 0 Å². The van der Waals surface area contributed by atoms with Crippen LogP contribution in [0.5, 0.6) is 0 Å². The Bertz CT molecular complexity index is 356. The number of hydrogen-bond donors (Lipinski definition) is 2. The average molecular weight is 268 g/mol. The largest absolute Gasteiger partial charge is 0.481 e. The van der Waals surface area contributed by atoms with Crippen LogP contribution in [-0.2, 0) is 4.79 Å². The van der Waals surface area contributed by atoms with E-state index in [0.29, 0.717) is 44.3 Å². The second kappa shape index (κ2) is 5.39. The summed E-state index contributed by atoms with van der Waals surface area (Å²) in [5.41, 5.74) is -0.623. The minimum Gasteiger partial charge on any atom is -0.481 e. The topological polar surface area (TPSA) is 69.6 Å². The molecule has 1 aliphatic heterocycles. The highest BCUT2D eigenvalue weighted by Crippen LogP contribution is 2.35. The number of likely N-dealkylation sites (tertiary alicyclic amines) is 1. The Hall–Kier alpha value is -1.26. The van der Waals surface area contributed by atoms with Crippen LogP contribution in [0.25, 0.3) is 0 Å². The summed E-state index contributed by atoms with van der Waals surface area (Å²) in [5.74, 6) is -0.00529. The van der Waals surface area contributed by atoms with Crippen molar-refractivity contribution in [3.8, 4) is 0 Å². The fourth-order valence-corrected chi connectivity index (χ4v) is 3.14. The average Bonchev–Trinajstić information content (AvgIpc) is 2.36. The first-order valence-electron chi connectivity index (χ1n) is 7.25. The molecule has 0 bridgehead atoms. The first kappa shape index (κ1) is 14.2. The molecule has 0 aromatic rings. The summed E-state index contributed by atoms with van der Waals surface area (Å²) < 4.78 is 0. The highest BCUT2D eigenvalue weighted by atomic mass is 16.4. The summed E-state index contributed by atoms with van der Waals surface area (Å²) in [5, 5.41) is 12.3.